The third kappa shape index (κ3) is 5.19. The number of nitrogens with two attached hydrogens (primary N) is 2. The molecule has 5 nitrogen and oxygen atoms in total. The fourth-order valence-electron chi connectivity index (χ4n) is 1.02. The number of carboxylic acid groups (broad SMARTS) is 1. The molecular weight excluding hydrogens is 172 g/mol. The smallest absolute Gasteiger partial charge is 0.320 e. The number of hydrogen-bond acceptors (Lipinski definition) is 3. The lowest BCUT2D eigenvalue weighted by molar-refractivity contribution is -0.139. The summed E-state index contributed by atoms with van der Waals surface area (Å²) in [5, 5.41) is 8.54. The molecule has 5 N–H and O–H groups in total. The highest BCUT2D eigenvalue weighted by atomic mass is 16.4. The van der Waals surface area contributed by atoms with Crippen LogP contribution < -0.4 is 11.5 Å². The fourth-order valence-corrected chi connectivity index (χ4v) is 1.02. The Balaban J connectivity index is 3.67. The van der Waals surface area contributed by atoms with Crippen molar-refractivity contribution < 1.29 is 14.7 Å². The second-order valence-corrected chi connectivity index (χ2v) is 3.20. The van der Waals surface area contributed by atoms with Gasteiger partial charge in [-0.05, 0) is 18.8 Å². The summed E-state index contributed by atoms with van der Waals surface area (Å²) >= 11 is 0. The number of hydrogen-bond donors (Lipinski definition) is 3. The van der Waals surface area contributed by atoms with Crippen LogP contribution in [0.15, 0.2) is 0 Å². The van der Waals surface area contributed by atoms with Gasteiger partial charge >= 0.3 is 5.97 Å². The van der Waals surface area contributed by atoms with E-state index in [1.807, 2.05) is 0 Å². The van der Waals surface area contributed by atoms with Crippen LogP contribution >= 0.6 is 0 Å². The summed E-state index contributed by atoms with van der Waals surface area (Å²) in [6.45, 7) is 1.75. The van der Waals surface area contributed by atoms with Gasteiger partial charge in [0.2, 0.25) is 5.91 Å². The fraction of sp³-hybridized carbons (Fsp3) is 0.750. The molecule has 0 heterocycles. The second-order valence-electron chi connectivity index (χ2n) is 3.20. The van der Waals surface area contributed by atoms with Crippen molar-refractivity contribution in [2.75, 3.05) is 0 Å². The average Bonchev–Trinajstić information content (AvgIpc) is 2.02. The minimum absolute atomic E-state index is 0.128. The van der Waals surface area contributed by atoms with Crippen LogP contribution in [-0.4, -0.2) is 23.0 Å². The lowest BCUT2D eigenvalue weighted by Crippen LogP contribution is -2.36. The Morgan fingerprint density at radius 1 is 1.46 bits per heavy atom. The summed E-state index contributed by atoms with van der Waals surface area (Å²) < 4.78 is 0. The topological polar surface area (TPSA) is 106 Å². The van der Waals surface area contributed by atoms with Gasteiger partial charge in [0, 0.05) is 6.42 Å². The molecule has 13 heavy (non-hydrogen) atoms. The molecule has 0 rings (SSSR count). The number of aliphatic carboxylic acids is 1. The van der Waals surface area contributed by atoms with Crippen LogP contribution in [0.5, 0.6) is 0 Å². The maximum Gasteiger partial charge on any atom is 0.320 e. The van der Waals surface area contributed by atoms with Crippen molar-refractivity contribution >= 4 is 11.9 Å². The molecular formula is C8H16N2O3. The molecule has 2 unspecified atom stereocenters. The molecule has 0 spiro atoms. The van der Waals surface area contributed by atoms with Gasteiger partial charge in [-0.3, -0.25) is 9.59 Å². The standard InChI is InChI=1S/C8H16N2O3/c1-5(7(10)8(12)13)3-2-4-6(9)11/h5,7H,2-4,10H2,1H3,(H2,9,11)(H,12,13). The van der Waals surface area contributed by atoms with Crippen molar-refractivity contribution in [1.29, 1.82) is 0 Å². The van der Waals surface area contributed by atoms with E-state index in [2.05, 4.69) is 0 Å². The summed E-state index contributed by atoms with van der Waals surface area (Å²) in [5.74, 6) is -1.50. The highest BCUT2D eigenvalue weighted by molar-refractivity contribution is 5.74. The van der Waals surface area contributed by atoms with E-state index in [0.29, 0.717) is 12.8 Å². The Kier molecular flexibility index (Phi) is 5.06. The molecule has 0 radical (unpaired) electrons. The van der Waals surface area contributed by atoms with Gasteiger partial charge in [0.15, 0.2) is 0 Å². The number of rotatable bonds is 6. The number of carbonyl (C=O) groups is 2. The van der Waals surface area contributed by atoms with E-state index in [-0.39, 0.29) is 18.2 Å². The van der Waals surface area contributed by atoms with Gasteiger partial charge in [-0.15, -0.1) is 0 Å². The molecule has 0 saturated carbocycles. The lowest BCUT2D eigenvalue weighted by Gasteiger charge is -2.14. The largest absolute Gasteiger partial charge is 0.480 e. The quantitative estimate of drug-likeness (QED) is 0.531. The molecule has 76 valence electrons. The molecule has 0 aliphatic carbocycles. The number of amides is 1. The van der Waals surface area contributed by atoms with Crippen molar-refractivity contribution in [3.63, 3.8) is 0 Å². The highest BCUT2D eigenvalue weighted by Gasteiger charge is 2.19. The van der Waals surface area contributed by atoms with Crippen molar-refractivity contribution in [3.05, 3.63) is 0 Å². The van der Waals surface area contributed by atoms with E-state index in [1.165, 1.54) is 0 Å². The second kappa shape index (κ2) is 5.53. The van der Waals surface area contributed by atoms with Gasteiger partial charge in [-0.1, -0.05) is 6.92 Å². The normalized spacial score (nSPS) is 14.9. The van der Waals surface area contributed by atoms with Crippen LogP contribution in [0, 0.1) is 5.92 Å². The molecule has 2 atom stereocenters. The molecule has 0 aliphatic rings. The predicted octanol–water partition coefficient (Wildman–Crippen LogP) is -0.310. The van der Waals surface area contributed by atoms with E-state index in [1.54, 1.807) is 6.92 Å². The average molecular weight is 188 g/mol. The zero-order chi connectivity index (χ0) is 10.4. The summed E-state index contributed by atoms with van der Waals surface area (Å²) in [6.07, 6.45) is 1.49. The molecule has 0 saturated heterocycles. The highest BCUT2D eigenvalue weighted by Crippen LogP contribution is 2.10. The zero-order valence-corrected chi connectivity index (χ0v) is 7.69. The van der Waals surface area contributed by atoms with Crippen molar-refractivity contribution in [3.8, 4) is 0 Å². The van der Waals surface area contributed by atoms with E-state index in [9.17, 15) is 9.59 Å². The summed E-state index contributed by atoms with van der Waals surface area (Å²) in [6, 6.07) is -0.854. The maximum absolute atomic E-state index is 10.4. The first-order valence-electron chi connectivity index (χ1n) is 4.22. The Bertz CT molecular complexity index is 194. The monoisotopic (exact) mass is 188 g/mol. The van der Waals surface area contributed by atoms with Crippen LogP contribution in [0.4, 0.5) is 0 Å². The summed E-state index contributed by atoms with van der Waals surface area (Å²) in [7, 11) is 0. The number of carboxylic acids is 1. The van der Waals surface area contributed by atoms with Crippen LogP contribution in [0.3, 0.4) is 0 Å². The van der Waals surface area contributed by atoms with Crippen molar-refractivity contribution in [2.45, 2.75) is 32.2 Å². The van der Waals surface area contributed by atoms with Crippen LogP contribution in [-0.2, 0) is 9.59 Å². The van der Waals surface area contributed by atoms with Gasteiger partial charge in [0.05, 0.1) is 0 Å². The van der Waals surface area contributed by atoms with Gasteiger partial charge in [0.25, 0.3) is 0 Å². The van der Waals surface area contributed by atoms with Gasteiger partial charge in [-0.2, -0.15) is 0 Å². The molecule has 0 fully saturated rings. The maximum atomic E-state index is 10.4. The third-order valence-corrected chi connectivity index (χ3v) is 1.98. The molecule has 1 amide bonds. The summed E-state index contributed by atoms with van der Waals surface area (Å²) in [4.78, 5) is 20.8. The first kappa shape index (κ1) is 11.9. The van der Waals surface area contributed by atoms with E-state index < -0.39 is 12.0 Å². The van der Waals surface area contributed by atoms with Gasteiger partial charge < -0.3 is 16.6 Å². The first-order chi connectivity index (χ1) is 5.95. The van der Waals surface area contributed by atoms with Gasteiger partial charge in [-0.25, -0.2) is 0 Å². The van der Waals surface area contributed by atoms with Crippen LogP contribution in [0.1, 0.15) is 26.2 Å². The molecule has 0 aromatic carbocycles. The lowest BCUT2D eigenvalue weighted by atomic mass is 9.96. The molecule has 5 heteroatoms. The molecule has 0 aliphatic heterocycles. The molecule has 0 bridgehead atoms. The van der Waals surface area contributed by atoms with E-state index in [0.717, 1.165) is 0 Å². The van der Waals surface area contributed by atoms with Crippen molar-refractivity contribution in [2.24, 2.45) is 17.4 Å². The summed E-state index contributed by atoms with van der Waals surface area (Å²) in [5.41, 5.74) is 10.3. The Hall–Kier alpha value is -1.10. The predicted molar refractivity (Wildman–Crippen MR) is 47.8 cm³/mol. The SMILES string of the molecule is CC(CCCC(N)=O)C(N)C(=O)O. The zero-order valence-electron chi connectivity index (χ0n) is 7.69. The Morgan fingerprint density at radius 3 is 2.38 bits per heavy atom. The number of primary amides is 1. The minimum atomic E-state index is -1.01. The van der Waals surface area contributed by atoms with E-state index in [4.69, 9.17) is 16.6 Å². The molecule has 0 aromatic heterocycles. The van der Waals surface area contributed by atoms with E-state index >= 15 is 0 Å². The van der Waals surface area contributed by atoms with Crippen LogP contribution in [0.2, 0.25) is 0 Å². The number of carbonyl (C=O) groups excluding carboxylic acids is 1. The van der Waals surface area contributed by atoms with Gasteiger partial charge in [0.1, 0.15) is 6.04 Å². The first-order valence-corrected chi connectivity index (χ1v) is 4.22. The molecule has 0 aromatic rings. The van der Waals surface area contributed by atoms with Crippen LogP contribution in [0.25, 0.3) is 0 Å². The Morgan fingerprint density at radius 2 is 2.00 bits per heavy atom. The Labute approximate surface area is 77.1 Å². The minimum Gasteiger partial charge on any atom is -0.480 e. The van der Waals surface area contributed by atoms with Crippen molar-refractivity contribution in [1.82, 2.24) is 0 Å². The third-order valence-electron chi connectivity index (χ3n) is 1.98.